The van der Waals surface area contributed by atoms with Gasteiger partial charge in [-0.2, -0.15) is 0 Å². The number of nitrogens with zero attached hydrogens (tertiary/aromatic N) is 2. The van der Waals surface area contributed by atoms with Crippen molar-refractivity contribution in [3.8, 4) is 0 Å². The molecule has 0 fully saturated rings. The fourth-order valence-corrected chi connectivity index (χ4v) is 2.84. The lowest BCUT2D eigenvalue weighted by Gasteiger charge is -2.17. The largest absolute Gasteiger partial charge is 0.396 e. The highest BCUT2D eigenvalue weighted by Gasteiger charge is 2.10. The second kappa shape index (κ2) is 14.4. The lowest BCUT2D eigenvalue weighted by molar-refractivity contribution is 0.245. The zero-order valence-corrected chi connectivity index (χ0v) is 16.7. The molecule has 1 aromatic rings. The summed E-state index contributed by atoms with van der Waals surface area (Å²) in [4.78, 5) is 8.96. The highest BCUT2D eigenvalue weighted by Crippen LogP contribution is 2.15. The van der Waals surface area contributed by atoms with Crippen LogP contribution in [0, 0.1) is 11.8 Å². The fraction of sp³-hybridized carbons (Fsp3) is 0.700. The van der Waals surface area contributed by atoms with E-state index in [1.165, 1.54) is 0 Å². The van der Waals surface area contributed by atoms with E-state index < -0.39 is 0 Å². The van der Waals surface area contributed by atoms with Crippen molar-refractivity contribution in [2.75, 3.05) is 38.1 Å². The number of aromatic nitrogens is 1. The predicted molar refractivity (Wildman–Crippen MR) is 111 cm³/mol. The Morgan fingerprint density at radius 1 is 1.19 bits per heavy atom. The van der Waals surface area contributed by atoms with Crippen LogP contribution in [0.3, 0.4) is 0 Å². The summed E-state index contributed by atoms with van der Waals surface area (Å²) < 4.78 is 0. The van der Waals surface area contributed by atoms with Gasteiger partial charge in [0.1, 0.15) is 5.82 Å². The first-order valence-electron chi connectivity index (χ1n) is 9.93. The van der Waals surface area contributed by atoms with Gasteiger partial charge in [-0.3, -0.25) is 4.99 Å². The number of aliphatic hydroxyl groups is 1. The zero-order valence-electron chi connectivity index (χ0n) is 16.7. The average Bonchev–Trinajstić information content (AvgIpc) is 2.62. The van der Waals surface area contributed by atoms with E-state index >= 15 is 0 Å². The standard InChI is InChI=1S/C20H37N5O/c1-4-21-20(25-16-18(10-14-26)15-17(2)3)24-13-8-7-12-23-19-9-5-6-11-22-19/h5-6,9,11,17-18,26H,4,7-8,10,12-16H2,1-3H3,(H,22,23)(H2,21,24,25). The molecule has 0 aliphatic heterocycles. The minimum atomic E-state index is 0.236. The van der Waals surface area contributed by atoms with Crippen LogP contribution in [0.15, 0.2) is 29.4 Å². The number of unbranched alkanes of at least 4 members (excludes halogenated alkanes) is 1. The monoisotopic (exact) mass is 363 g/mol. The van der Waals surface area contributed by atoms with Crippen molar-refractivity contribution in [3.05, 3.63) is 24.4 Å². The molecule has 1 atom stereocenters. The Labute approximate surface area is 158 Å². The molecule has 0 radical (unpaired) electrons. The van der Waals surface area contributed by atoms with Crippen LogP contribution in [-0.2, 0) is 0 Å². The third-order valence-corrected chi connectivity index (χ3v) is 4.06. The molecule has 1 unspecified atom stereocenters. The van der Waals surface area contributed by atoms with E-state index in [4.69, 9.17) is 4.99 Å². The first-order valence-corrected chi connectivity index (χ1v) is 9.93. The van der Waals surface area contributed by atoms with E-state index in [1.807, 2.05) is 18.2 Å². The summed E-state index contributed by atoms with van der Waals surface area (Å²) >= 11 is 0. The normalized spacial score (nSPS) is 12.9. The summed E-state index contributed by atoms with van der Waals surface area (Å²) in [6.45, 7) is 10.2. The van der Waals surface area contributed by atoms with Crippen molar-refractivity contribution in [2.24, 2.45) is 16.8 Å². The molecule has 1 rings (SSSR count). The van der Waals surface area contributed by atoms with Gasteiger partial charge in [-0.05, 0) is 56.6 Å². The van der Waals surface area contributed by atoms with Crippen molar-refractivity contribution < 1.29 is 5.11 Å². The molecule has 6 nitrogen and oxygen atoms in total. The maximum atomic E-state index is 9.23. The molecule has 1 heterocycles. The van der Waals surface area contributed by atoms with E-state index in [0.717, 1.165) is 63.6 Å². The van der Waals surface area contributed by atoms with Crippen LogP contribution in [0.4, 0.5) is 5.82 Å². The van der Waals surface area contributed by atoms with E-state index in [2.05, 4.69) is 41.7 Å². The molecule has 6 heteroatoms. The number of aliphatic hydroxyl groups excluding tert-OH is 1. The van der Waals surface area contributed by atoms with E-state index in [1.54, 1.807) is 6.20 Å². The van der Waals surface area contributed by atoms with E-state index in [-0.39, 0.29) is 6.61 Å². The van der Waals surface area contributed by atoms with Crippen LogP contribution >= 0.6 is 0 Å². The summed E-state index contributed by atoms with van der Waals surface area (Å²) in [6, 6.07) is 5.89. The fourth-order valence-electron chi connectivity index (χ4n) is 2.84. The van der Waals surface area contributed by atoms with Crippen molar-refractivity contribution in [1.82, 2.24) is 15.6 Å². The van der Waals surface area contributed by atoms with Crippen LogP contribution in [0.2, 0.25) is 0 Å². The van der Waals surface area contributed by atoms with Gasteiger partial charge in [0, 0.05) is 39.0 Å². The Morgan fingerprint density at radius 3 is 2.65 bits per heavy atom. The zero-order chi connectivity index (χ0) is 19.0. The van der Waals surface area contributed by atoms with Gasteiger partial charge in [-0.25, -0.2) is 4.98 Å². The highest BCUT2D eigenvalue weighted by molar-refractivity contribution is 5.79. The number of anilines is 1. The third-order valence-electron chi connectivity index (χ3n) is 4.06. The molecular weight excluding hydrogens is 326 g/mol. The molecule has 26 heavy (non-hydrogen) atoms. The smallest absolute Gasteiger partial charge is 0.191 e. The molecule has 0 aliphatic rings. The number of nitrogens with one attached hydrogen (secondary N) is 3. The molecule has 0 spiro atoms. The minimum absolute atomic E-state index is 0.236. The number of hydrogen-bond acceptors (Lipinski definition) is 4. The van der Waals surface area contributed by atoms with Crippen molar-refractivity contribution >= 4 is 11.8 Å². The maximum absolute atomic E-state index is 9.23. The van der Waals surface area contributed by atoms with Gasteiger partial charge in [0.15, 0.2) is 5.96 Å². The molecule has 0 aromatic carbocycles. The minimum Gasteiger partial charge on any atom is -0.396 e. The Bertz CT molecular complexity index is 478. The van der Waals surface area contributed by atoms with E-state index in [9.17, 15) is 5.11 Å². The van der Waals surface area contributed by atoms with Gasteiger partial charge in [-0.15, -0.1) is 0 Å². The first kappa shape index (κ1) is 22.2. The highest BCUT2D eigenvalue weighted by atomic mass is 16.3. The molecule has 0 saturated carbocycles. The molecular formula is C20H37N5O. The molecule has 0 amide bonds. The predicted octanol–water partition coefficient (Wildman–Crippen LogP) is 2.87. The Kier molecular flexibility index (Phi) is 12.3. The summed E-state index contributed by atoms with van der Waals surface area (Å²) in [5, 5.41) is 19.3. The van der Waals surface area contributed by atoms with Gasteiger partial charge in [0.05, 0.1) is 0 Å². The number of hydrogen-bond donors (Lipinski definition) is 4. The number of rotatable bonds is 13. The molecule has 0 aliphatic carbocycles. The van der Waals surface area contributed by atoms with Crippen molar-refractivity contribution in [2.45, 2.75) is 46.5 Å². The number of guanidine groups is 1. The topological polar surface area (TPSA) is 81.6 Å². The lowest BCUT2D eigenvalue weighted by Crippen LogP contribution is -2.38. The van der Waals surface area contributed by atoms with Crippen molar-refractivity contribution in [3.63, 3.8) is 0 Å². The van der Waals surface area contributed by atoms with Crippen LogP contribution in [-0.4, -0.2) is 48.8 Å². The Morgan fingerprint density at radius 2 is 2.00 bits per heavy atom. The van der Waals surface area contributed by atoms with Crippen LogP contribution < -0.4 is 16.0 Å². The van der Waals surface area contributed by atoms with E-state index in [0.29, 0.717) is 11.8 Å². The maximum Gasteiger partial charge on any atom is 0.191 e. The third kappa shape index (κ3) is 10.9. The summed E-state index contributed by atoms with van der Waals surface area (Å²) in [5.41, 5.74) is 0. The summed E-state index contributed by atoms with van der Waals surface area (Å²) in [5.74, 6) is 2.87. The Hall–Kier alpha value is -1.82. The average molecular weight is 364 g/mol. The van der Waals surface area contributed by atoms with Crippen molar-refractivity contribution in [1.29, 1.82) is 0 Å². The van der Waals surface area contributed by atoms with Gasteiger partial charge in [0.25, 0.3) is 0 Å². The lowest BCUT2D eigenvalue weighted by atomic mass is 9.94. The van der Waals surface area contributed by atoms with Gasteiger partial charge >= 0.3 is 0 Å². The van der Waals surface area contributed by atoms with Gasteiger partial charge in [0.2, 0.25) is 0 Å². The molecule has 4 N–H and O–H groups in total. The molecule has 148 valence electrons. The number of aliphatic imine (C=N–C) groups is 1. The van der Waals surface area contributed by atoms with Crippen LogP contribution in [0.1, 0.15) is 46.5 Å². The van der Waals surface area contributed by atoms with Crippen LogP contribution in [0.5, 0.6) is 0 Å². The molecule has 0 saturated heterocycles. The summed E-state index contributed by atoms with van der Waals surface area (Å²) in [6.07, 6.45) is 5.86. The van der Waals surface area contributed by atoms with Crippen LogP contribution in [0.25, 0.3) is 0 Å². The molecule has 1 aromatic heterocycles. The quantitative estimate of drug-likeness (QED) is 0.246. The Balaban J connectivity index is 2.27. The SMILES string of the molecule is CCNC(=NCC(CCO)CC(C)C)NCCCCNc1ccccn1. The second-order valence-corrected chi connectivity index (χ2v) is 7.00. The van der Waals surface area contributed by atoms with Gasteiger partial charge in [-0.1, -0.05) is 19.9 Å². The molecule has 0 bridgehead atoms. The van der Waals surface area contributed by atoms with Gasteiger partial charge < -0.3 is 21.1 Å². The first-order chi connectivity index (χ1) is 12.7. The summed E-state index contributed by atoms with van der Waals surface area (Å²) in [7, 11) is 0. The number of pyridine rings is 1. The second-order valence-electron chi connectivity index (χ2n) is 7.00.